The molecule has 6 heteroatoms. The zero-order valence-electron chi connectivity index (χ0n) is 17.6. The summed E-state index contributed by atoms with van der Waals surface area (Å²) in [7, 11) is 0. The van der Waals surface area contributed by atoms with Gasteiger partial charge in [-0.25, -0.2) is 4.39 Å². The van der Waals surface area contributed by atoms with Gasteiger partial charge < -0.3 is 15.1 Å². The Hall–Kier alpha value is -2.11. The number of anilines is 1. The number of rotatable bonds is 5. The van der Waals surface area contributed by atoms with E-state index in [-0.39, 0.29) is 29.6 Å². The maximum atomic E-state index is 13.1. The maximum Gasteiger partial charge on any atom is 0.242 e. The molecule has 1 aromatic rings. The molecule has 162 valence electrons. The van der Waals surface area contributed by atoms with Crippen molar-refractivity contribution in [1.29, 1.82) is 0 Å². The lowest BCUT2D eigenvalue weighted by molar-refractivity contribution is -0.135. The molecular formula is C24H32FN3O2. The standard InChI is InChI=1S/C24H32FN3O2/c25-20-1-3-21(4-2-20)27-5-7-28(8-6-27)23(30)16-26-22(29)15-24-12-17-9-18(13-24)11-19(10-17)14-24/h1-4,17-19H,5-16H2,(H,26,29). The summed E-state index contributed by atoms with van der Waals surface area (Å²) in [6.45, 7) is 2.79. The van der Waals surface area contributed by atoms with Crippen LogP contribution in [-0.2, 0) is 9.59 Å². The van der Waals surface area contributed by atoms with Gasteiger partial charge in [0, 0.05) is 38.3 Å². The van der Waals surface area contributed by atoms with Crippen LogP contribution in [0.4, 0.5) is 10.1 Å². The van der Waals surface area contributed by atoms with Crippen molar-refractivity contribution in [2.75, 3.05) is 37.6 Å². The fourth-order valence-electron chi connectivity index (χ4n) is 7.06. The summed E-state index contributed by atoms with van der Waals surface area (Å²) in [6.07, 6.45) is 8.38. The molecule has 30 heavy (non-hydrogen) atoms. The van der Waals surface area contributed by atoms with Crippen LogP contribution in [0.2, 0.25) is 0 Å². The van der Waals surface area contributed by atoms with Crippen LogP contribution in [-0.4, -0.2) is 49.4 Å². The second kappa shape index (κ2) is 7.86. The van der Waals surface area contributed by atoms with Crippen molar-refractivity contribution in [3.63, 3.8) is 0 Å². The number of halogens is 1. The lowest BCUT2D eigenvalue weighted by Crippen LogP contribution is -2.52. The first-order chi connectivity index (χ1) is 14.5. The highest BCUT2D eigenvalue weighted by Gasteiger charge is 2.51. The first-order valence-electron chi connectivity index (χ1n) is 11.5. The number of carbonyl (C=O) groups excluding carboxylic acids is 2. The van der Waals surface area contributed by atoms with Crippen LogP contribution in [0.25, 0.3) is 0 Å². The van der Waals surface area contributed by atoms with Crippen LogP contribution in [0.1, 0.15) is 44.9 Å². The third-order valence-electron chi connectivity index (χ3n) is 7.96. The van der Waals surface area contributed by atoms with Crippen molar-refractivity contribution >= 4 is 17.5 Å². The van der Waals surface area contributed by atoms with Gasteiger partial charge in [0.05, 0.1) is 6.54 Å². The number of benzene rings is 1. The predicted molar refractivity (Wildman–Crippen MR) is 113 cm³/mol. The molecule has 5 fully saturated rings. The van der Waals surface area contributed by atoms with Crippen molar-refractivity contribution in [3.05, 3.63) is 30.1 Å². The van der Waals surface area contributed by atoms with E-state index < -0.39 is 0 Å². The van der Waals surface area contributed by atoms with E-state index in [0.717, 1.165) is 36.5 Å². The Kier molecular flexibility index (Phi) is 5.19. The van der Waals surface area contributed by atoms with Gasteiger partial charge in [0.15, 0.2) is 0 Å². The number of hydrogen-bond donors (Lipinski definition) is 1. The average molecular weight is 414 g/mol. The molecule has 0 aromatic heterocycles. The molecule has 1 aliphatic heterocycles. The van der Waals surface area contributed by atoms with Gasteiger partial charge in [-0.05, 0) is 86.0 Å². The van der Waals surface area contributed by atoms with E-state index >= 15 is 0 Å². The van der Waals surface area contributed by atoms with Crippen LogP contribution in [0.3, 0.4) is 0 Å². The Morgan fingerprint density at radius 1 is 0.933 bits per heavy atom. The summed E-state index contributed by atoms with van der Waals surface area (Å²) in [4.78, 5) is 29.2. The fraction of sp³-hybridized carbons (Fsp3) is 0.667. The molecule has 4 saturated carbocycles. The Bertz CT molecular complexity index is 766. The van der Waals surface area contributed by atoms with Crippen molar-refractivity contribution in [3.8, 4) is 0 Å². The van der Waals surface area contributed by atoms with Gasteiger partial charge in [0.2, 0.25) is 11.8 Å². The molecule has 5 aliphatic rings. The zero-order valence-corrected chi connectivity index (χ0v) is 17.6. The summed E-state index contributed by atoms with van der Waals surface area (Å²) in [6, 6.07) is 6.48. The molecule has 4 bridgehead atoms. The van der Waals surface area contributed by atoms with Crippen molar-refractivity contribution < 1.29 is 14.0 Å². The number of nitrogens with one attached hydrogen (secondary N) is 1. The maximum absolute atomic E-state index is 13.1. The van der Waals surface area contributed by atoms with Crippen LogP contribution >= 0.6 is 0 Å². The second-order valence-electron chi connectivity index (χ2n) is 10.2. The summed E-state index contributed by atoms with van der Waals surface area (Å²) < 4.78 is 13.1. The highest BCUT2D eigenvalue weighted by atomic mass is 19.1. The molecule has 6 rings (SSSR count). The van der Waals surface area contributed by atoms with Crippen LogP contribution in [0.15, 0.2) is 24.3 Å². The smallest absolute Gasteiger partial charge is 0.242 e. The molecule has 0 spiro atoms. The SMILES string of the molecule is O=C(CC12CC3CC(CC(C3)C1)C2)NCC(=O)N1CCN(c2ccc(F)cc2)CC1. The Balaban J connectivity index is 1.08. The van der Waals surface area contributed by atoms with Gasteiger partial charge in [0.1, 0.15) is 5.82 Å². The number of hydrogen-bond acceptors (Lipinski definition) is 3. The number of amides is 2. The average Bonchev–Trinajstić information content (AvgIpc) is 2.71. The molecule has 4 aliphatic carbocycles. The Morgan fingerprint density at radius 2 is 1.50 bits per heavy atom. The Labute approximate surface area is 178 Å². The normalized spacial score (nSPS) is 32.4. The summed E-state index contributed by atoms with van der Waals surface area (Å²) >= 11 is 0. The van der Waals surface area contributed by atoms with E-state index in [1.165, 1.54) is 50.7 Å². The molecule has 1 aromatic carbocycles. The van der Waals surface area contributed by atoms with Crippen molar-refractivity contribution in [1.82, 2.24) is 10.2 Å². The molecular weight excluding hydrogens is 381 g/mol. The fourth-order valence-corrected chi connectivity index (χ4v) is 7.06. The Morgan fingerprint density at radius 3 is 2.07 bits per heavy atom. The van der Waals surface area contributed by atoms with Gasteiger partial charge in [-0.2, -0.15) is 0 Å². The van der Waals surface area contributed by atoms with Gasteiger partial charge in [-0.3, -0.25) is 9.59 Å². The number of piperazine rings is 1. The number of nitrogens with zero attached hydrogens (tertiary/aromatic N) is 2. The molecule has 2 amide bonds. The lowest BCUT2D eigenvalue weighted by Gasteiger charge is -2.56. The number of carbonyl (C=O) groups is 2. The molecule has 0 atom stereocenters. The van der Waals surface area contributed by atoms with Gasteiger partial charge in [0.25, 0.3) is 0 Å². The van der Waals surface area contributed by atoms with Crippen LogP contribution in [0.5, 0.6) is 0 Å². The minimum atomic E-state index is -0.239. The van der Waals surface area contributed by atoms with Crippen molar-refractivity contribution in [2.24, 2.45) is 23.2 Å². The highest BCUT2D eigenvalue weighted by Crippen LogP contribution is 2.61. The topological polar surface area (TPSA) is 52.7 Å². The molecule has 1 heterocycles. The first-order valence-corrected chi connectivity index (χ1v) is 11.5. The van der Waals surface area contributed by atoms with Gasteiger partial charge in [-0.15, -0.1) is 0 Å². The lowest BCUT2D eigenvalue weighted by atomic mass is 9.49. The van der Waals surface area contributed by atoms with Crippen molar-refractivity contribution in [2.45, 2.75) is 44.9 Å². The van der Waals surface area contributed by atoms with E-state index in [2.05, 4.69) is 10.2 Å². The van der Waals surface area contributed by atoms with Crippen LogP contribution in [0, 0.1) is 29.0 Å². The molecule has 0 unspecified atom stereocenters. The van der Waals surface area contributed by atoms with E-state index in [4.69, 9.17) is 0 Å². The minimum absolute atomic E-state index is 0.00684. The zero-order chi connectivity index (χ0) is 20.7. The molecule has 5 nitrogen and oxygen atoms in total. The summed E-state index contributed by atoms with van der Waals surface area (Å²) in [5, 5.41) is 2.92. The second-order valence-corrected chi connectivity index (χ2v) is 10.2. The summed E-state index contributed by atoms with van der Waals surface area (Å²) in [5.74, 6) is 2.31. The third-order valence-corrected chi connectivity index (χ3v) is 7.96. The van der Waals surface area contributed by atoms with Gasteiger partial charge in [-0.1, -0.05) is 0 Å². The third kappa shape index (κ3) is 4.06. The summed E-state index contributed by atoms with van der Waals surface area (Å²) in [5.41, 5.74) is 1.19. The predicted octanol–water partition coefficient (Wildman–Crippen LogP) is 3.20. The molecule has 1 saturated heterocycles. The van der Waals surface area contributed by atoms with E-state index in [0.29, 0.717) is 19.5 Å². The van der Waals surface area contributed by atoms with E-state index in [1.807, 2.05) is 4.90 Å². The van der Waals surface area contributed by atoms with Crippen LogP contribution < -0.4 is 10.2 Å². The monoisotopic (exact) mass is 413 g/mol. The largest absolute Gasteiger partial charge is 0.368 e. The van der Waals surface area contributed by atoms with Gasteiger partial charge >= 0.3 is 0 Å². The van der Waals surface area contributed by atoms with E-state index in [9.17, 15) is 14.0 Å². The highest BCUT2D eigenvalue weighted by molar-refractivity contribution is 5.85. The quantitative estimate of drug-likeness (QED) is 0.807. The first kappa shape index (κ1) is 19.8. The molecule has 1 N–H and O–H groups in total. The minimum Gasteiger partial charge on any atom is -0.368 e. The molecule has 0 radical (unpaired) electrons. The van der Waals surface area contributed by atoms with E-state index in [1.54, 1.807) is 12.1 Å².